The first-order valence-corrected chi connectivity index (χ1v) is 7.81. The molecule has 2 rings (SSSR count). The minimum absolute atomic E-state index is 0.281. The van der Waals surface area contributed by atoms with Crippen molar-refractivity contribution in [3.63, 3.8) is 0 Å². The fourth-order valence-corrected chi connectivity index (χ4v) is 3.92. The van der Waals surface area contributed by atoms with Crippen LogP contribution in [-0.2, 0) is 10.0 Å². The lowest BCUT2D eigenvalue weighted by atomic mass is 10.1. The average molecular weight is 260 g/mol. The van der Waals surface area contributed by atoms with Gasteiger partial charge in [-0.2, -0.15) is 0 Å². The Hall–Kier alpha value is -0.430. The smallest absolute Gasteiger partial charge is 0.250 e. The predicted octanol–water partition coefficient (Wildman–Crippen LogP) is 1.17. The third-order valence-electron chi connectivity index (χ3n) is 2.69. The number of sulfonamides is 1. The molecule has 2 N–H and O–H groups in total. The summed E-state index contributed by atoms with van der Waals surface area (Å²) in [6, 6.07) is 3.66. The molecule has 1 unspecified atom stereocenters. The van der Waals surface area contributed by atoms with E-state index >= 15 is 0 Å². The molecule has 1 fully saturated rings. The van der Waals surface area contributed by atoms with Crippen LogP contribution in [0.1, 0.15) is 19.3 Å². The van der Waals surface area contributed by atoms with Crippen molar-refractivity contribution in [2.24, 2.45) is 0 Å². The second-order valence-electron chi connectivity index (χ2n) is 3.93. The van der Waals surface area contributed by atoms with Gasteiger partial charge >= 0.3 is 0 Å². The van der Waals surface area contributed by atoms with Crippen molar-refractivity contribution in [2.45, 2.75) is 29.5 Å². The summed E-state index contributed by atoms with van der Waals surface area (Å²) in [5.74, 6) is 0. The fourth-order valence-electron chi connectivity index (χ4n) is 1.80. The molecule has 0 saturated carbocycles. The van der Waals surface area contributed by atoms with Crippen LogP contribution in [0, 0.1) is 0 Å². The Labute approximate surface area is 100 Å². The van der Waals surface area contributed by atoms with E-state index in [9.17, 15) is 8.42 Å². The van der Waals surface area contributed by atoms with Gasteiger partial charge in [-0.1, -0.05) is 12.5 Å². The normalized spacial score (nSPS) is 22.1. The highest BCUT2D eigenvalue weighted by Gasteiger charge is 2.18. The number of hydrogen-bond donors (Lipinski definition) is 2. The number of thiophene rings is 1. The van der Waals surface area contributed by atoms with Gasteiger partial charge in [-0.3, -0.25) is 0 Å². The second-order valence-corrected chi connectivity index (χ2v) is 6.87. The molecule has 1 aliphatic rings. The molecular weight excluding hydrogens is 244 g/mol. The molecule has 1 atom stereocenters. The quantitative estimate of drug-likeness (QED) is 0.854. The van der Waals surface area contributed by atoms with Crippen molar-refractivity contribution in [3.8, 4) is 0 Å². The van der Waals surface area contributed by atoms with Gasteiger partial charge in [0.15, 0.2) is 0 Å². The Kier molecular flexibility index (Phi) is 3.96. The third kappa shape index (κ3) is 3.04. The first kappa shape index (κ1) is 12.0. The zero-order valence-electron chi connectivity index (χ0n) is 8.98. The predicted molar refractivity (Wildman–Crippen MR) is 65.1 cm³/mol. The van der Waals surface area contributed by atoms with Crippen molar-refractivity contribution >= 4 is 21.4 Å². The summed E-state index contributed by atoms with van der Waals surface area (Å²) in [6.45, 7) is 1.48. The molecule has 1 aliphatic heterocycles. The molecule has 0 radical (unpaired) electrons. The maximum absolute atomic E-state index is 11.8. The van der Waals surface area contributed by atoms with Crippen molar-refractivity contribution in [1.82, 2.24) is 10.0 Å². The van der Waals surface area contributed by atoms with Crippen LogP contribution in [0.4, 0.5) is 0 Å². The van der Waals surface area contributed by atoms with Crippen LogP contribution in [0.5, 0.6) is 0 Å². The second kappa shape index (κ2) is 5.27. The Morgan fingerprint density at radius 2 is 2.38 bits per heavy atom. The van der Waals surface area contributed by atoms with Gasteiger partial charge in [0, 0.05) is 12.6 Å². The summed E-state index contributed by atoms with van der Waals surface area (Å²) in [5.41, 5.74) is 0. The number of hydrogen-bond acceptors (Lipinski definition) is 4. The Morgan fingerprint density at radius 3 is 3.00 bits per heavy atom. The van der Waals surface area contributed by atoms with E-state index in [-0.39, 0.29) is 6.04 Å². The minimum Gasteiger partial charge on any atom is -0.313 e. The lowest BCUT2D eigenvalue weighted by Crippen LogP contribution is -2.43. The van der Waals surface area contributed by atoms with E-state index in [1.807, 2.05) is 0 Å². The highest BCUT2D eigenvalue weighted by atomic mass is 32.2. The topological polar surface area (TPSA) is 58.2 Å². The first-order valence-electron chi connectivity index (χ1n) is 5.45. The van der Waals surface area contributed by atoms with Crippen LogP contribution in [-0.4, -0.2) is 27.5 Å². The first-order chi connectivity index (χ1) is 7.68. The summed E-state index contributed by atoms with van der Waals surface area (Å²) in [4.78, 5) is 0. The molecule has 0 aromatic carbocycles. The molecule has 6 heteroatoms. The largest absolute Gasteiger partial charge is 0.313 e. The molecule has 4 nitrogen and oxygen atoms in total. The molecule has 90 valence electrons. The maximum atomic E-state index is 11.8. The zero-order chi connectivity index (χ0) is 11.4. The number of nitrogens with one attached hydrogen (secondary N) is 2. The van der Waals surface area contributed by atoms with E-state index in [1.54, 1.807) is 17.5 Å². The molecule has 0 aliphatic carbocycles. The average Bonchev–Trinajstić information content (AvgIpc) is 2.82. The van der Waals surface area contributed by atoms with E-state index in [2.05, 4.69) is 10.0 Å². The fraction of sp³-hybridized carbons (Fsp3) is 0.600. The Morgan fingerprint density at radius 1 is 1.50 bits per heavy atom. The summed E-state index contributed by atoms with van der Waals surface area (Å²) < 4.78 is 26.7. The van der Waals surface area contributed by atoms with Gasteiger partial charge in [0.25, 0.3) is 0 Å². The van der Waals surface area contributed by atoms with Crippen molar-refractivity contribution in [1.29, 1.82) is 0 Å². The van der Waals surface area contributed by atoms with Crippen molar-refractivity contribution < 1.29 is 8.42 Å². The van der Waals surface area contributed by atoms with E-state index < -0.39 is 10.0 Å². The van der Waals surface area contributed by atoms with Crippen LogP contribution in [0.3, 0.4) is 0 Å². The molecule has 1 aromatic heterocycles. The van der Waals surface area contributed by atoms with Gasteiger partial charge < -0.3 is 5.32 Å². The molecule has 1 aromatic rings. The van der Waals surface area contributed by atoms with E-state index in [0.29, 0.717) is 10.8 Å². The highest BCUT2D eigenvalue weighted by Crippen LogP contribution is 2.15. The Balaban J connectivity index is 1.89. The van der Waals surface area contributed by atoms with Crippen molar-refractivity contribution in [3.05, 3.63) is 17.5 Å². The molecule has 2 heterocycles. The van der Waals surface area contributed by atoms with Crippen LogP contribution >= 0.6 is 11.3 Å². The zero-order valence-corrected chi connectivity index (χ0v) is 10.6. The summed E-state index contributed by atoms with van der Waals surface area (Å²) in [7, 11) is -3.29. The summed E-state index contributed by atoms with van der Waals surface area (Å²) in [5, 5.41) is 5.08. The van der Waals surface area contributed by atoms with Crippen LogP contribution in [0.25, 0.3) is 0 Å². The Bertz CT molecular complexity index is 408. The molecule has 1 saturated heterocycles. The van der Waals surface area contributed by atoms with Gasteiger partial charge in [0.05, 0.1) is 0 Å². The van der Waals surface area contributed by atoms with Gasteiger partial charge in [0.1, 0.15) is 4.21 Å². The van der Waals surface area contributed by atoms with Crippen LogP contribution < -0.4 is 10.0 Å². The van der Waals surface area contributed by atoms with Gasteiger partial charge in [-0.05, 0) is 30.8 Å². The van der Waals surface area contributed by atoms with Gasteiger partial charge in [0.2, 0.25) is 10.0 Å². The molecule has 0 amide bonds. The van der Waals surface area contributed by atoms with Crippen molar-refractivity contribution in [2.75, 3.05) is 13.1 Å². The minimum atomic E-state index is -3.29. The monoisotopic (exact) mass is 260 g/mol. The van der Waals surface area contributed by atoms with E-state index in [0.717, 1.165) is 13.0 Å². The third-order valence-corrected chi connectivity index (χ3v) is 5.51. The molecule has 0 spiro atoms. The summed E-state index contributed by atoms with van der Waals surface area (Å²) >= 11 is 1.25. The SMILES string of the molecule is O=S(=O)(NCC1CCCCN1)c1cccs1. The molecule has 16 heavy (non-hydrogen) atoms. The molecule has 0 bridgehead atoms. The van der Waals surface area contributed by atoms with Crippen LogP contribution in [0.2, 0.25) is 0 Å². The van der Waals surface area contributed by atoms with Crippen LogP contribution in [0.15, 0.2) is 21.7 Å². The number of rotatable bonds is 4. The van der Waals surface area contributed by atoms with Gasteiger partial charge in [-0.25, -0.2) is 13.1 Å². The lowest BCUT2D eigenvalue weighted by Gasteiger charge is -2.23. The standard InChI is InChI=1S/C10H16N2O2S2/c13-16(14,10-5-3-7-15-10)12-8-9-4-1-2-6-11-9/h3,5,7,9,11-12H,1-2,4,6,8H2. The van der Waals surface area contributed by atoms with Gasteiger partial charge in [-0.15, -0.1) is 11.3 Å². The highest BCUT2D eigenvalue weighted by molar-refractivity contribution is 7.91. The lowest BCUT2D eigenvalue weighted by molar-refractivity contribution is 0.398. The van der Waals surface area contributed by atoms with E-state index in [1.165, 1.54) is 24.2 Å². The van der Waals surface area contributed by atoms with E-state index in [4.69, 9.17) is 0 Å². The summed E-state index contributed by atoms with van der Waals surface area (Å²) in [6.07, 6.45) is 3.42. The number of piperidine rings is 1. The molecular formula is C10H16N2O2S2. The maximum Gasteiger partial charge on any atom is 0.250 e.